The molecule has 0 atom stereocenters. The number of amides is 1. The van der Waals surface area contributed by atoms with Crippen LogP contribution in [-0.2, 0) is 14.8 Å². The first-order valence-corrected chi connectivity index (χ1v) is 10.6. The van der Waals surface area contributed by atoms with Crippen molar-refractivity contribution >= 4 is 33.3 Å². The predicted octanol–water partition coefficient (Wildman–Crippen LogP) is 3.29. The van der Waals surface area contributed by atoms with E-state index in [-0.39, 0.29) is 17.9 Å². The molecule has 0 fully saturated rings. The van der Waals surface area contributed by atoms with Crippen molar-refractivity contribution in [2.75, 3.05) is 28.5 Å². The van der Waals surface area contributed by atoms with E-state index in [1.807, 2.05) is 0 Å². The number of ether oxygens (including phenoxy) is 1. The molecule has 0 heterocycles. The number of sulfonamides is 1. The fourth-order valence-electron chi connectivity index (χ4n) is 2.65. The molecule has 0 aromatic heterocycles. The Hall–Kier alpha value is -2.87. The summed E-state index contributed by atoms with van der Waals surface area (Å²) < 4.78 is 30.6. The summed E-state index contributed by atoms with van der Waals surface area (Å²) in [6, 6.07) is 12.8. The van der Waals surface area contributed by atoms with E-state index in [9.17, 15) is 18.0 Å². The molecule has 0 aliphatic heterocycles. The van der Waals surface area contributed by atoms with E-state index in [0.29, 0.717) is 23.5 Å². The van der Waals surface area contributed by atoms with E-state index < -0.39 is 21.9 Å². The monoisotopic (exact) mass is 404 g/mol. The summed E-state index contributed by atoms with van der Waals surface area (Å²) in [6.45, 7) is 5.58. The highest BCUT2D eigenvalue weighted by Gasteiger charge is 2.19. The summed E-state index contributed by atoms with van der Waals surface area (Å²) in [7, 11) is -3.38. The number of rotatable bonds is 8. The van der Waals surface area contributed by atoms with Crippen LogP contribution in [0.15, 0.2) is 48.5 Å². The van der Waals surface area contributed by atoms with Crippen LogP contribution in [0, 0.1) is 0 Å². The molecule has 1 amide bonds. The summed E-state index contributed by atoms with van der Waals surface area (Å²) in [5.74, 6) is -0.935. The van der Waals surface area contributed by atoms with Crippen LogP contribution in [0.2, 0.25) is 0 Å². The van der Waals surface area contributed by atoms with Crippen molar-refractivity contribution in [1.29, 1.82) is 0 Å². The summed E-state index contributed by atoms with van der Waals surface area (Å²) >= 11 is 0. The number of nitrogens with zero attached hydrogens (tertiary/aromatic N) is 1. The van der Waals surface area contributed by atoms with Crippen LogP contribution in [0.3, 0.4) is 0 Å². The molecule has 0 spiro atoms. The van der Waals surface area contributed by atoms with Gasteiger partial charge in [-0.25, -0.2) is 13.2 Å². The Morgan fingerprint density at radius 2 is 1.64 bits per heavy atom. The summed E-state index contributed by atoms with van der Waals surface area (Å²) in [5.41, 5.74) is 1.44. The molecule has 150 valence electrons. The van der Waals surface area contributed by atoms with Gasteiger partial charge >= 0.3 is 5.97 Å². The van der Waals surface area contributed by atoms with Crippen LogP contribution < -0.4 is 9.62 Å². The first kappa shape index (κ1) is 21.4. The Bertz CT molecular complexity index is 939. The van der Waals surface area contributed by atoms with Gasteiger partial charge < -0.3 is 10.1 Å². The van der Waals surface area contributed by atoms with Gasteiger partial charge in [-0.05, 0) is 57.2 Å². The van der Waals surface area contributed by atoms with Crippen LogP contribution in [0.4, 0.5) is 11.4 Å². The third kappa shape index (κ3) is 4.89. The Morgan fingerprint density at radius 3 is 2.21 bits per heavy atom. The number of nitrogens with one attached hydrogen (secondary N) is 1. The number of para-hydroxylation sites is 1. The summed E-state index contributed by atoms with van der Waals surface area (Å²) in [4.78, 5) is 24.6. The SMILES string of the molecule is CCOC(=O)c1ccccc1NC(=O)c1ccc(N(CC)S(=O)(=O)CC)cc1. The minimum Gasteiger partial charge on any atom is -0.462 e. The van der Waals surface area contributed by atoms with Gasteiger partial charge in [0.1, 0.15) is 0 Å². The van der Waals surface area contributed by atoms with E-state index in [4.69, 9.17) is 4.74 Å². The van der Waals surface area contributed by atoms with Gasteiger partial charge in [0.2, 0.25) is 10.0 Å². The molecule has 0 unspecified atom stereocenters. The van der Waals surface area contributed by atoms with Crippen molar-refractivity contribution in [3.63, 3.8) is 0 Å². The average Bonchev–Trinajstić information content (AvgIpc) is 2.69. The van der Waals surface area contributed by atoms with Gasteiger partial charge in [0.15, 0.2) is 0 Å². The number of hydrogen-bond donors (Lipinski definition) is 1. The highest BCUT2D eigenvalue weighted by Crippen LogP contribution is 2.21. The van der Waals surface area contributed by atoms with Gasteiger partial charge in [-0.2, -0.15) is 0 Å². The third-order valence-corrected chi connectivity index (χ3v) is 5.95. The van der Waals surface area contributed by atoms with Gasteiger partial charge in [-0.3, -0.25) is 9.10 Å². The van der Waals surface area contributed by atoms with Crippen LogP contribution in [-0.4, -0.2) is 39.2 Å². The van der Waals surface area contributed by atoms with Crippen molar-refractivity contribution in [3.05, 3.63) is 59.7 Å². The molecular formula is C20H24N2O5S. The zero-order chi connectivity index (χ0) is 20.7. The number of anilines is 2. The zero-order valence-corrected chi connectivity index (χ0v) is 17.0. The molecule has 0 aliphatic carbocycles. The predicted molar refractivity (Wildman–Crippen MR) is 109 cm³/mol. The quantitative estimate of drug-likeness (QED) is 0.682. The molecular weight excluding hydrogens is 380 g/mol. The molecule has 1 N–H and O–H groups in total. The van der Waals surface area contributed by atoms with E-state index >= 15 is 0 Å². The Morgan fingerprint density at radius 1 is 1.00 bits per heavy atom. The van der Waals surface area contributed by atoms with Crippen molar-refractivity contribution in [1.82, 2.24) is 0 Å². The van der Waals surface area contributed by atoms with Gasteiger partial charge in [-0.1, -0.05) is 12.1 Å². The maximum atomic E-state index is 12.6. The molecule has 7 nitrogen and oxygen atoms in total. The Labute approximate surface area is 165 Å². The zero-order valence-electron chi connectivity index (χ0n) is 16.1. The lowest BCUT2D eigenvalue weighted by Crippen LogP contribution is -2.32. The lowest BCUT2D eigenvalue weighted by molar-refractivity contribution is 0.0527. The second-order valence-corrected chi connectivity index (χ2v) is 8.01. The lowest BCUT2D eigenvalue weighted by Gasteiger charge is -2.22. The van der Waals surface area contributed by atoms with Crippen molar-refractivity contribution in [3.8, 4) is 0 Å². The summed E-state index contributed by atoms with van der Waals surface area (Å²) in [6.07, 6.45) is 0. The molecule has 2 rings (SSSR count). The van der Waals surface area contributed by atoms with E-state index in [1.165, 1.54) is 4.31 Å². The normalized spacial score (nSPS) is 11.0. The number of hydrogen-bond acceptors (Lipinski definition) is 5. The average molecular weight is 404 g/mol. The van der Waals surface area contributed by atoms with E-state index in [0.717, 1.165) is 0 Å². The minimum absolute atomic E-state index is 0.00623. The van der Waals surface area contributed by atoms with Gasteiger partial charge in [-0.15, -0.1) is 0 Å². The largest absolute Gasteiger partial charge is 0.462 e. The molecule has 0 saturated heterocycles. The van der Waals surface area contributed by atoms with Gasteiger partial charge in [0.25, 0.3) is 5.91 Å². The molecule has 0 radical (unpaired) electrons. The van der Waals surface area contributed by atoms with Crippen LogP contribution in [0.5, 0.6) is 0 Å². The minimum atomic E-state index is -3.38. The van der Waals surface area contributed by atoms with E-state index in [2.05, 4.69) is 5.32 Å². The molecule has 0 saturated carbocycles. The fourth-order valence-corrected chi connectivity index (χ4v) is 3.80. The topological polar surface area (TPSA) is 92.8 Å². The highest BCUT2D eigenvalue weighted by molar-refractivity contribution is 7.92. The first-order valence-electron chi connectivity index (χ1n) is 9.02. The van der Waals surface area contributed by atoms with Crippen molar-refractivity contribution in [2.24, 2.45) is 0 Å². The smallest absolute Gasteiger partial charge is 0.340 e. The van der Waals surface area contributed by atoms with E-state index in [1.54, 1.807) is 69.3 Å². The Kier molecular flexibility index (Phi) is 7.17. The first-order chi connectivity index (χ1) is 13.3. The third-order valence-electron chi connectivity index (χ3n) is 4.08. The molecule has 2 aromatic rings. The molecule has 0 aliphatic rings. The van der Waals surface area contributed by atoms with Gasteiger partial charge in [0, 0.05) is 12.1 Å². The van der Waals surface area contributed by atoms with Crippen LogP contribution in [0.1, 0.15) is 41.5 Å². The van der Waals surface area contributed by atoms with Crippen molar-refractivity contribution < 1.29 is 22.7 Å². The fraction of sp³-hybridized carbons (Fsp3) is 0.300. The summed E-state index contributed by atoms with van der Waals surface area (Å²) in [5, 5.41) is 2.70. The maximum absolute atomic E-state index is 12.6. The van der Waals surface area contributed by atoms with Crippen LogP contribution in [0.25, 0.3) is 0 Å². The molecule has 2 aromatic carbocycles. The number of carbonyl (C=O) groups is 2. The lowest BCUT2D eigenvalue weighted by atomic mass is 10.1. The number of benzene rings is 2. The second-order valence-electron chi connectivity index (χ2n) is 5.83. The number of esters is 1. The van der Waals surface area contributed by atoms with Crippen molar-refractivity contribution in [2.45, 2.75) is 20.8 Å². The second kappa shape index (κ2) is 9.36. The van der Waals surface area contributed by atoms with Gasteiger partial charge in [0.05, 0.1) is 29.3 Å². The molecule has 0 bridgehead atoms. The standard InChI is InChI=1S/C20H24N2O5S/c1-4-22(28(25,26)6-3)16-13-11-15(12-14-16)19(23)21-18-10-8-7-9-17(18)20(24)27-5-2/h7-14H,4-6H2,1-3H3,(H,21,23). The molecule has 8 heteroatoms. The van der Waals surface area contributed by atoms with Crippen LogP contribution >= 0.6 is 0 Å². The molecule has 28 heavy (non-hydrogen) atoms. The Balaban J connectivity index is 2.22. The number of carbonyl (C=O) groups excluding carboxylic acids is 2. The highest BCUT2D eigenvalue weighted by atomic mass is 32.2. The maximum Gasteiger partial charge on any atom is 0.340 e.